The topological polar surface area (TPSA) is 55.6 Å². The van der Waals surface area contributed by atoms with E-state index in [1.54, 1.807) is 18.0 Å². The van der Waals surface area contributed by atoms with Crippen LogP contribution in [0.2, 0.25) is 0 Å². The van der Waals surface area contributed by atoms with Crippen LogP contribution in [0.25, 0.3) is 11.3 Å². The molecular formula is C22H21N5S. The zero-order valence-corrected chi connectivity index (χ0v) is 16.6. The van der Waals surface area contributed by atoms with Gasteiger partial charge >= 0.3 is 0 Å². The minimum Gasteiger partial charge on any atom is -0.325 e. The van der Waals surface area contributed by atoms with E-state index in [2.05, 4.69) is 71.6 Å². The van der Waals surface area contributed by atoms with Crippen molar-refractivity contribution < 1.29 is 0 Å². The average Bonchev–Trinajstić information content (AvgIpc) is 3.11. The lowest BCUT2D eigenvalue weighted by Crippen LogP contribution is -2.04. The van der Waals surface area contributed by atoms with Crippen molar-refractivity contribution in [2.24, 2.45) is 0 Å². The lowest BCUT2D eigenvalue weighted by Gasteiger charge is -2.09. The normalized spacial score (nSPS) is 10.8. The molecule has 2 aromatic carbocycles. The Balaban J connectivity index is 1.64. The van der Waals surface area contributed by atoms with Crippen LogP contribution in [0, 0.1) is 13.8 Å². The number of nitrogens with zero attached hydrogens (tertiary/aromatic N) is 4. The SMILES string of the molecule is Cc1ccc(SCn2nc(-c3ccccc3C)cc2Nc2ccncn2)cc1. The maximum atomic E-state index is 4.86. The molecule has 6 heteroatoms. The van der Waals surface area contributed by atoms with E-state index in [0.29, 0.717) is 5.88 Å². The largest absolute Gasteiger partial charge is 0.325 e. The summed E-state index contributed by atoms with van der Waals surface area (Å²) in [5.41, 5.74) is 4.54. The second kappa shape index (κ2) is 8.27. The Morgan fingerprint density at radius 1 is 1.00 bits per heavy atom. The van der Waals surface area contributed by atoms with Gasteiger partial charge in [-0.15, -0.1) is 11.8 Å². The third kappa shape index (κ3) is 4.23. The van der Waals surface area contributed by atoms with Crippen molar-refractivity contribution in [1.82, 2.24) is 19.7 Å². The zero-order chi connectivity index (χ0) is 19.3. The van der Waals surface area contributed by atoms with E-state index in [4.69, 9.17) is 5.10 Å². The summed E-state index contributed by atoms with van der Waals surface area (Å²) in [7, 11) is 0. The van der Waals surface area contributed by atoms with Gasteiger partial charge in [0.2, 0.25) is 0 Å². The van der Waals surface area contributed by atoms with E-state index in [1.165, 1.54) is 22.3 Å². The molecule has 0 radical (unpaired) electrons. The summed E-state index contributed by atoms with van der Waals surface area (Å²) in [4.78, 5) is 9.47. The summed E-state index contributed by atoms with van der Waals surface area (Å²) in [6.45, 7) is 4.20. The van der Waals surface area contributed by atoms with Crippen molar-refractivity contribution >= 4 is 23.4 Å². The first kappa shape index (κ1) is 18.3. The van der Waals surface area contributed by atoms with E-state index >= 15 is 0 Å². The highest BCUT2D eigenvalue weighted by Crippen LogP contribution is 2.29. The molecule has 5 nitrogen and oxygen atoms in total. The van der Waals surface area contributed by atoms with Crippen LogP contribution in [0.4, 0.5) is 11.6 Å². The van der Waals surface area contributed by atoms with Crippen molar-refractivity contribution in [3.05, 3.63) is 84.3 Å². The summed E-state index contributed by atoms with van der Waals surface area (Å²) >= 11 is 1.75. The van der Waals surface area contributed by atoms with Gasteiger partial charge in [0.1, 0.15) is 18.0 Å². The summed E-state index contributed by atoms with van der Waals surface area (Å²) in [5, 5.41) is 8.22. The van der Waals surface area contributed by atoms with Gasteiger partial charge in [0.25, 0.3) is 0 Å². The molecule has 0 saturated heterocycles. The highest BCUT2D eigenvalue weighted by Gasteiger charge is 2.12. The molecule has 4 aromatic rings. The third-order valence-electron chi connectivity index (χ3n) is 4.41. The van der Waals surface area contributed by atoms with Crippen molar-refractivity contribution in [3.63, 3.8) is 0 Å². The Hall–Kier alpha value is -3.12. The van der Waals surface area contributed by atoms with E-state index < -0.39 is 0 Å². The van der Waals surface area contributed by atoms with Crippen molar-refractivity contribution in [3.8, 4) is 11.3 Å². The second-order valence-corrected chi connectivity index (χ2v) is 7.55. The van der Waals surface area contributed by atoms with Gasteiger partial charge in [-0.1, -0.05) is 42.0 Å². The van der Waals surface area contributed by atoms with Crippen LogP contribution in [0.5, 0.6) is 0 Å². The van der Waals surface area contributed by atoms with Crippen molar-refractivity contribution in [2.75, 3.05) is 5.32 Å². The summed E-state index contributed by atoms with van der Waals surface area (Å²) < 4.78 is 1.98. The predicted molar refractivity (Wildman–Crippen MR) is 115 cm³/mol. The highest BCUT2D eigenvalue weighted by molar-refractivity contribution is 7.98. The number of rotatable bonds is 6. The van der Waals surface area contributed by atoms with Gasteiger partial charge in [-0.05, 0) is 37.6 Å². The van der Waals surface area contributed by atoms with Crippen LogP contribution in [-0.4, -0.2) is 19.7 Å². The van der Waals surface area contributed by atoms with Crippen molar-refractivity contribution in [2.45, 2.75) is 24.6 Å². The Labute approximate surface area is 168 Å². The maximum absolute atomic E-state index is 4.86. The monoisotopic (exact) mass is 387 g/mol. The minimum absolute atomic E-state index is 0.697. The van der Waals surface area contributed by atoms with Crippen LogP contribution in [0.1, 0.15) is 11.1 Å². The molecule has 0 aliphatic carbocycles. The lowest BCUT2D eigenvalue weighted by atomic mass is 10.1. The lowest BCUT2D eigenvalue weighted by molar-refractivity contribution is 0.762. The molecule has 140 valence electrons. The molecule has 2 heterocycles. The molecule has 0 bridgehead atoms. The highest BCUT2D eigenvalue weighted by atomic mass is 32.2. The number of nitrogens with one attached hydrogen (secondary N) is 1. The van der Waals surface area contributed by atoms with Gasteiger partial charge in [-0.2, -0.15) is 5.10 Å². The second-order valence-electron chi connectivity index (χ2n) is 6.54. The van der Waals surface area contributed by atoms with Gasteiger partial charge in [0, 0.05) is 22.7 Å². The van der Waals surface area contributed by atoms with E-state index in [9.17, 15) is 0 Å². The van der Waals surface area contributed by atoms with E-state index in [1.807, 2.05) is 22.9 Å². The van der Waals surface area contributed by atoms with Gasteiger partial charge < -0.3 is 5.32 Å². The number of thioether (sulfide) groups is 1. The first-order chi connectivity index (χ1) is 13.7. The molecule has 0 spiro atoms. The van der Waals surface area contributed by atoms with Gasteiger partial charge in [0.05, 0.1) is 11.6 Å². The van der Waals surface area contributed by atoms with Gasteiger partial charge in [-0.3, -0.25) is 0 Å². The molecular weight excluding hydrogens is 366 g/mol. The van der Waals surface area contributed by atoms with Crippen molar-refractivity contribution in [1.29, 1.82) is 0 Å². The molecule has 0 unspecified atom stereocenters. The Morgan fingerprint density at radius 2 is 1.82 bits per heavy atom. The molecule has 1 N–H and O–H groups in total. The fourth-order valence-corrected chi connectivity index (χ4v) is 3.67. The van der Waals surface area contributed by atoms with Gasteiger partial charge in [-0.25, -0.2) is 14.6 Å². The summed E-state index contributed by atoms with van der Waals surface area (Å²) in [6, 6.07) is 20.7. The predicted octanol–water partition coefficient (Wildman–Crippen LogP) is 5.45. The molecule has 0 amide bonds. The number of hydrogen-bond acceptors (Lipinski definition) is 5. The van der Waals surface area contributed by atoms with E-state index in [-0.39, 0.29) is 0 Å². The Kier molecular flexibility index (Phi) is 5.39. The maximum Gasteiger partial charge on any atom is 0.134 e. The quantitative estimate of drug-likeness (QED) is 0.446. The number of benzene rings is 2. The zero-order valence-electron chi connectivity index (χ0n) is 15.8. The minimum atomic E-state index is 0.697. The number of aryl methyl sites for hydroxylation is 2. The summed E-state index contributed by atoms with van der Waals surface area (Å²) in [5.74, 6) is 2.34. The molecule has 4 rings (SSSR count). The van der Waals surface area contributed by atoms with Crippen LogP contribution >= 0.6 is 11.8 Å². The Bertz CT molecular complexity index is 1060. The molecule has 0 atom stereocenters. The number of anilines is 2. The fraction of sp³-hybridized carbons (Fsp3) is 0.136. The number of aromatic nitrogens is 4. The Morgan fingerprint density at radius 3 is 2.57 bits per heavy atom. The van der Waals surface area contributed by atoms with Crippen LogP contribution < -0.4 is 5.32 Å². The fourth-order valence-electron chi connectivity index (χ4n) is 2.87. The number of hydrogen-bond donors (Lipinski definition) is 1. The molecule has 0 fully saturated rings. The molecule has 0 saturated carbocycles. The smallest absolute Gasteiger partial charge is 0.134 e. The first-order valence-electron chi connectivity index (χ1n) is 9.05. The first-order valence-corrected chi connectivity index (χ1v) is 10.0. The molecule has 28 heavy (non-hydrogen) atoms. The van der Waals surface area contributed by atoms with Crippen LogP contribution in [0.15, 0.2) is 78.1 Å². The summed E-state index contributed by atoms with van der Waals surface area (Å²) in [6.07, 6.45) is 3.26. The van der Waals surface area contributed by atoms with Gasteiger partial charge in [0.15, 0.2) is 0 Å². The third-order valence-corrected chi connectivity index (χ3v) is 5.39. The molecule has 2 aromatic heterocycles. The van der Waals surface area contributed by atoms with Crippen LogP contribution in [-0.2, 0) is 5.88 Å². The van der Waals surface area contributed by atoms with Crippen LogP contribution in [0.3, 0.4) is 0 Å². The standard InChI is InChI=1S/C22H21N5S/c1-16-7-9-18(10-8-16)28-15-27-22(25-21-11-12-23-14-24-21)13-20(26-27)19-6-4-3-5-17(19)2/h3-14H,15H2,1-2H3,(H,23,24,25). The average molecular weight is 388 g/mol. The molecule has 0 aliphatic heterocycles. The molecule has 0 aliphatic rings. The van der Waals surface area contributed by atoms with E-state index in [0.717, 1.165) is 22.9 Å².